The fourth-order valence-electron chi connectivity index (χ4n) is 2.78. The van der Waals surface area contributed by atoms with Crippen LogP contribution in [0, 0.1) is 0 Å². The highest BCUT2D eigenvalue weighted by molar-refractivity contribution is 7.97. The zero-order valence-electron chi connectivity index (χ0n) is 14.0. The third-order valence-electron chi connectivity index (χ3n) is 3.95. The quantitative estimate of drug-likeness (QED) is 0.597. The Labute approximate surface area is 154 Å². The van der Waals surface area contributed by atoms with Crippen LogP contribution >= 0.6 is 0 Å². The van der Waals surface area contributed by atoms with E-state index in [2.05, 4.69) is 91.9 Å². The summed E-state index contributed by atoms with van der Waals surface area (Å²) in [6.07, 6.45) is 3.65. The molecule has 3 rings (SSSR count). The molecule has 24 heavy (non-hydrogen) atoms. The molecule has 2 heteroatoms. The van der Waals surface area contributed by atoms with Crippen LogP contribution in [0.25, 0.3) is 0 Å². The monoisotopic (exact) mass is 354 g/mol. The standard InChI is InChI=1S/C22H23S.ClH/c1-2-3-12-19-13-10-11-18-22(19)23(20-14-6-4-7-15-20)21-16-8-5-9-17-21;/h4-11,13-18H,2-3,12H2,1H3;1H/q+1;/p-1. The SMILES string of the molecule is CCCCc1ccccc1[S+](c1ccccc1)c1ccccc1.[Cl-]. The van der Waals surface area contributed by atoms with E-state index in [4.69, 9.17) is 0 Å². The molecule has 0 aromatic heterocycles. The molecule has 0 saturated heterocycles. The zero-order valence-corrected chi connectivity index (χ0v) is 15.6. The zero-order chi connectivity index (χ0) is 15.9. The van der Waals surface area contributed by atoms with Gasteiger partial charge in [-0.1, -0.05) is 67.9 Å². The minimum atomic E-state index is -0.0297. The molecule has 0 aliphatic carbocycles. The third kappa shape index (κ3) is 4.43. The first-order valence-electron chi connectivity index (χ1n) is 8.32. The number of benzene rings is 3. The van der Waals surface area contributed by atoms with Crippen molar-refractivity contribution in [3.63, 3.8) is 0 Å². The topological polar surface area (TPSA) is 0 Å². The van der Waals surface area contributed by atoms with Crippen LogP contribution in [0.4, 0.5) is 0 Å². The van der Waals surface area contributed by atoms with Crippen LogP contribution in [0.15, 0.2) is 99.6 Å². The molecule has 0 fully saturated rings. The van der Waals surface area contributed by atoms with Gasteiger partial charge in [0.2, 0.25) is 0 Å². The molecule has 0 N–H and O–H groups in total. The van der Waals surface area contributed by atoms with Crippen LogP contribution in [-0.2, 0) is 17.3 Å². The number of rotatable bonds is 6. The maximum absolute atomic E-state index is 2.31. The average Bonchev–Trinajstić information content (AvgIpc) is 2.63. The lowest BCUT2D eigenvalue weighted by molar-refractivity contribution is -0.00000466. The third-order valence-corrected chi connectivity index (χ3v) is 6.28. The maximum atomic E-state index is 2.31. The predicted octanol–water partition coefficient (Wildman–Crippen LogP) is 3.13. The minimum absolute atomic E-state index is 0. The number of hydrogen-bond acceptors (Lipinski definition) is 0. The van der Waals surface area contributed by atoms with Gasteiger partial charge in [0, 0.05) is 5.56 Å². The van der Waals surface area contributed by atoms with E-state index >= 15 is 0 Å². The number of aryl methyl sites for hydroxylation is 1. The molecule has 0 unspecified atom stereocenters. The fourth-order valence-corrected chi connectivity index (χ4v) is 5.07. The molecule has 0 nitrogen and oxygen atoms in total. The first kappa shape index (κ1) is 18.6. The van der Waals surface area contributed by atoms with Crippen LogP contribution in [0.3, 0.4) is 0 Å². The van der Waals surface area contributed by atoms with Gasteiger partial charge in [0.1, 0.15) is 0 Å². The molecular weight excluding hydrogens is 332 g/mol. The van der Waals surface area contributed by atoms with Gasteiger partial charge in [-0.05, 0) is 43.2 Å². The van der Waals surface area contributed by atoms with Crippen molar-refractivity contribution >= 4 is 10.9 Å². The van der Waals surface area contributed by atoms with E-state index in [0.717, 1.165) is 6.42 Å². The Kier molecular flexibility index (Phi) is 7.42. The van der Waals surface area contributed by atoms with E-state index in [9.17, 15) is 0 Å². The first-order valence-corrected chi connectivity index (χ1v) is 9.55. The summed E-state index contributed by atoms with van der Waals surface area (Å²) < 4.78 is 0. The molecule has 0 spiro atoms. The summed E-state index contributed by atoms with van der Waals surface area (Å²) in [4.78, 5) is 4.25. The largest absolute Gasteiger partial charge is 1.00 e. The van der Waals surface area contributed by atoms with Gasteiger partial charge >= 0.3 is 0 Å². The summed E-state index contributed by atoms with van der Waals surface area (Å²) >= 11 is 0. The second-order valence-electron chi connectivity index (χ2n) is 5.64. The van der Waals surface area contributed by atoms with Gasteiger partial charge in [-0.25, -0.2) is 0 Å². The summed E-state index contributed by atoms with van der Waals surface area (Å²) in [5.74, 6) is 0. The van der Waals surface area contributed by atoms with Crippen molar-refractivity contribution in [2.45, 2.75) is 40.9 Å². The Morgan fingerprint density at radius 3 is 1.71 bits per heavy atom. The molecule has 0 aliphatic rings. The molecule has 3 aromatic carbocycles. The normalized spacial score (nSPS) is 10.4. The molecule has 0 amide bonds. The number of unbranched alkanes of at least 4 members (excludes halogenated alkanes) is 1. The lowest BCUT2D eigenvalue weighted by Crippen LogP contribution is -3.00. The van der Waals surface area contributed by atoms with Crippen molar-refractivity contribution in [3.05, 3.63) is 90.5 Å². The van der Waals surface area contributed by atoms with Crippen LogP contribution in [0.5, 0.6) is 0 Å². The first-order chi connectivity index (χ1) is 11.4. The van der Waals surface area contributed by atoms with E-state index in [1.807, 2.05) is 0 Å². The van der Waals surface area contributed by atoms with E-state index in [1.54, 1.807) is 0 Å². The van der Waals surface area contributed by atoms with Crippen molar-refractivity contribution in [2.75, 3.05) is 0 Å². The molecule has 0 radical (unpaired) electrons. The summed E-state index contributed by atoms with van der Waals surface area (Å²) in [6, 6.07) is 30.8. The van der Waals surface area contributed by atoms with Gasteiger partial charge < -0.3 is 12.4 Å². The Bertz CT molecular complexity index is 686. The Hall–Kier alpha value is -1.70. The highest BCUT2D eigenvalue weighted by atomic mass is 35.5. The fraction of sp³-hybridized carbons (Fsp3) is 0.182. The van der Waals surface area contributed by atoms with Crippen LogP contribution in [0.2, 0.25) is 0 Å². The minimum Gasteiger partial charge on any atom is -1.00 e. The molecule has 3 aromatic rings. The van der Waals surface area contributed by atoms with E-state index in [1.165, 1.54) is 33.1 Å². The van der Waals surface area contributed by atoms with Gasteiger partial charge in [0.15, 0.2) is 14.7 Å². The van der Waals surface area contributed by atoms with E-state index in [0.29, 0.717) is 0 Å². The second kappa shape index (κ2) is 9.56. The Balaban J connectivity index is 0.00000208. The van der Waals surface area contributed by atoms with Gasteiger partial charge in [-0.3, -0.25) is 0 Å². The average molecular weight is 355 g/mol. The maximum Gasteiger partial charge on any atom is 0.169 e. The lowest BCUT2D eigenvalue weighted by Gasteiger charge is -2.11. The number of hydrogen-bond donors (Lipinski definition) is 0. The van der Waals surface area contributed by atoms with Crippen LogP contribution < -0.4 is 12.4 Å². The predicted molar refractivity (Wildman–Crippen MR) is 100 cm³/mol. The molecule has 0 saturated carbocycles. The van der Waals surface area contributed by atoms with Crippen LogP contribution in [0.1, 0.15) is 25.3 Å². The van der Waals surface area contributed by atoms with Crippen molar-refractivity contribution in [3.8, 4) is 0 Å². The molecule has 0 bridgehead atoms. The van der Waals surface area contributed by atoms with Crippen molar-refractivity contribution < 1.29 is 12.4 Å². The van der Waals surface area contributed by atoms with Gasteiger partial charge in [-0.15, -0.1) is 0 Å². The summed E-state index contributed by atoms with van der Waals surface area (Å²) in [6.45, 7) is 2.26. The lowest BCUT2D eigenvalue weighted by atomic mass is 10.1. The number of halogens is 1. The van der Waals surface area contributed by atoms with Crippen LogP contribution in [-0.4, -0.2) is 0 Å². The van der Waals surface area contributed by atoms with E-state index in [-0.39, 0.29) is 23.3 Å². The van der Waals surface area contributed by atoms with Gasteiger partial charge in [-0.2, -0.15) is 0 Å². The second-order valence-corrected chi connectivity index (χ2v) is 7.64. The summed E-state index contributed by atoms with van der Waals surface area (Å²) in [5.41, 5.74) is 1.49. The Morgan fingerprint density at radius 2 is 1.17 bits per heavy atom. The molecule has 0 atom stereocenters. The summed E-state index contributed by atoms with van der Waals surface area (Å²) in [5, 5.41) is 0. The summed E-state index contributed by atoms with van der Waals surface area (Å²) in [7, 11) is -0.0297. The highest BCUT2D eigenvalue weighted by Crippen LogP contribution is 2.33. The smallest absolute Gasteiger partial charge is 0.169 e. The van der Waals surface area contributed by atoms with Crippen molar-refractivity contribution in [1.82, 2.24) is 0 Å². The van der Waals surface area contributed by atoms with E-state index < -0.39 is 0 Å². The van der Waals surface area contributed by atoms with Gasteiger partial charge in [0.05, 0.1) is 10.9 Å². The molecule has 0 heterocycles. The van der Waals surface area contributed by atoms with Crippen molar-refractivity contribution in [1.29, 1.82) is 0 Å². The molecule has 124 valence electrons. The highest BCUT2D eigenvalue weighted by Gasteiger charge is 2.30. The molecular formula is C22H23ClS. The molecule has 0 aliphatic heterocycles. The van der Waals surface area contributed by atoms with Crippen molar-refractivity contribution in [2.24, 2.45) is 0 Å². The van der Waals surface area contributed by atoms with Gasteiger partial charge in [0.25, 0.3) is 0 Å². The Morgan fingerprint density at radius 1 is 0.667 bits per heavy atom.